The maximum absolute atomic E-state index is 6.06. The van der Waals surface area contributed by atoms with Crippen molar-refractivity contribution in [3.05, 3.63) is 18.5 Å². The third-order valence-electron chi connectivity index (χ3n) is 5.86. The number of nitrogens with one attached hydrogen (secondary N) is 1. The number of anilines is 1. The highest BCUT2D eigenvalue weighted by atomic mass is 16.5. The Bertz CT molecular complexity index is 493. The number of ether oxygens (including phenoxy) is 1. The topological polar surface area (TPSA) is 50.3 Å². The lowest BCUT2D eigenvalue weighted by Crippen LogP contribution is -2.54. The van der Waals surface area contributed by atoms with E-state index in [9.17, 15) is 0 Å². The highest BCUT2D eigenvalue weighted by molar-refractivity contribution is 5.22. The molecule has 3 aliphatic rings. The maximum atomic E-state index is 6.06. The van der Waals surface area contributed by atoms with E-state index < -0.39 is 0 Å². The van der Waals surface area contributed by atoms with Crippen LogP contribution in [0.25, 0.3) is 0 Å². The lowest BCUT2D eigenvalue weighted by Gasteiger charge is -2.49. The second-order valence-corrected chi connectivity index (χ2v) is 7.06. The first-order valence-corrected chi connectivity index (χ1v) is 8.72. The molecule has 3 heterocycles. The van der Waals surface area contributed by atoms with Gasteiger partial charge in [-0.2, -0.15) is 0 Å². The standard InChI is InChI=1S/C17H26N4O/c1-3-14(4-1)21-11-5-15-17(13-21,7-12-22-15)6-10-20-16-18-8-2-9-19-16/h2,8-9,14-15H,1,3-7,10-13H2,(H,18,19,20)/t15-,17+/m1/s1. The van der Waals surface area contributed by atoms with Gasteiger partial charge in [0.1, 0.15) is 0 Å². The summed E-state index contributed by atoms with van der Waals surface area (Å²) < 4.78 is 6.06. The van der Waals surface area contributed by atoms with Gasteiger partial charge >= 0.3 is 0 Å². The molecular formula is C17H26N4O. The fourth-order valence-corrected chi connectivity index (χ4v) is 4.32. The van der Waals surface area contributed by atoms with Gasteiger partial charge in [-0.3, -0.25) is 4.90 Å². The molecule has 0 aromatic carbocycles. The summed E-state index contributed by atoms with van der Waals surface area (Å²) in [4.78, 5) is 11.2. The predicted octanol–water partition coefficient (Wildman–Crippen LogP) is 2.31. The molecule has 1 saturated carbocycles. The lowest BCUT2D eigenvalue weighted by molar-refractivity contribution is -0.0445. The van der Waals surface area contributed by atoms with Crippen molar-refractivity contribution in [1.82, 2.24) is 14.9 Å². The van der Waals surface area contributed by atoms with Gasteiger partial charge < -0.3 is 10.1 Å². The Morgan fingerprint density at radius 1 is 1.27 bits per heavy atom. The van der Waals surface area contributed by atoms with Crippen LogP contribution in [0.4, 0.5) is 5.95 Å². The van der Waals surface area contributed by atoms with E-state index in [0.717, 1.165) is 31.6 Å². The zero-order valence-electron chi connectivity index (χ0n) is 13.2. The van der Waals surface area contributed by atoms with Crippen molar-refractivity contribution < 1.29 is 4.74 Å². The normalized spacial score (nSPS) is 32.5. The molecule has 1 aliphatic carbocycles. The van der Waals surface area contributed by atoms with Crippen LogP contribution in [0.1, 0.15) is 38.5 Å². The Kier molecular flexibility index (Phi) is 4.01. The number of fused-ring (bicyclic) bond motifs is 1. The van der Waals surface area contributed by atoms with Crippen LogP contribution < -0.4 is 5.32 Å². The Morgan fingerprint density at radius 2 is 2.14 bits per heavy atom. The van der Waals surface area contributed by atoms with Gasteiger partial charge in [-0.1, -0.05) is 6.42 Å². The van der Waals surface area contributed by atoms with Crippen molar-refractivity contribution in [3.63, 3.8) is 0 Å². The molecule has 22 heavy (non-hydrogen) atoms. The first kappa shape index (κ1) is 14.4. The van der Waals surface area contributed by atoms with Gasteiger partial charge in [0.2, 0.25) is 5.95 Å². The van der Waals surface area contributed by atoms with Crippen LogP contribution in [-0.4, -0.2) is 53.3 Å². The highest BCUT2D eigenvalue weighted by Gasteiger charge is 2.48. The summed E-state index contributed by atoms with van der Waals surface area (Å²) in [6.45, 7) is 4.32. The largest absolute Gasteiger partial charge is 0.378 e. The summed E-state index contributed by atoms with van der Waals surface area (Å²) in [5.41, 5.74) is 0.343. The molecule has 0 unspecified atom stereocenters. The van der Waals surface area contributed by atoms with Crippen LogP contribution in [0.15, 0.2) is 18.5 Å². The van der Waals surface area contributed by atoms with Crippen molar-refractivity contribution in [2.75, 3.05) is 31.6 Å². The van der Waals surface area contributed by atoms with Gasteiger partial charge in [0.05, 0.1) is 6.10 Å². The van der Waals surface area contributed by atoms with E-state index in [4.69, 9.17) is 4.74 Å². The molecule has 3 fully saturated rings. The molecule has 120 valence electrons. The number of piperidine rings is 1. The van der Waals surface area contributed by atoms with E-state index in [0.29, 0.717) is 11.5 Å². The monoisotopic (exact) mass is 302 g/mol. The minimum absolute atomic E-state index is 0.343. The molecule has 4 rings (SSSR count). The van der Waals surface area contributed by atoms with E-state index in [1.807, 2.05) is 6.07 Å². The molecule has 5 heteroatoms. The summed E-state index contributed by atoms with van der Waals surface area (Å²) in [5, 5.41) is 3.38. The zero-order valence-corrected chi connectivity index (χ0v) is 13.2. The van der Waals surface area contributed by atoms with Gasteiger partial charge in [0.15, 0.2) is 0 Å². The van der Waals surface area contributed by atoms with Crippen molar-refractivity contribution in [2.45, 2.75) is 50.7 Å². The molecule has 5 nitrogen and oxygen atoms in total. The highest BCUT2D eigenvalue weighted by Crippen LogP contribution is 2.45. The van der Waals surface area contributed by atoms with Crippen LogP contribution in [-0.2, 0) is 4.74 Å². The first-order valence-electron chi connectivity index (χ1n) is 8.72. The average molecular weight is 302 g/mol. The minimum atomic E-state index is 0.343. The summed E-state index contributed by atoms with van der Waals surface area (Å²) in [7, 11) is 0. The van der Waals surface area contributed by atoms with E-state index >= 15 is 0 Å². The van der Waals surface area contributed by atoms with Crippen LogP contribution >= 0.6 is 0 Å². The summed E-state index contributed by atoms with van der Waals surface area (Å²) >= 11 is 0. The Morgan fingerprint density at radius 3 is 2.91 bits per heavy atom. The average Bonchev–Trinajstić information content (AvgIpc) is 2.90. The van der Waals surface area contributed by atoms with Crippen molar-refractivity contribution in [3.8, 4) is 0 Å². The fraction of sp³-hybridized carbons (Fsp3) is 0.765. The number of aromatic nitrogens is 2. The molecule has 1 aromatic rings. The molecular weight excluding hydrogens is 276 g/mol. The Labute approximate surface area is 132 Å². The molecule has 0 amide bonds. The van der Waals surface area contributed by atoms with Gasteiger partial charge in [-0.05, 0) is 38.2 Å². The second kappa shape index (κ2) is 6.13. The number of rotatable bonds is 5. The van der Waals surface area contributed by atoms with Gasteiger partial charge in [-0.25, -0.2) is 9.97 Å². The second-order valence-electron chi connectivity index (χ2n) is 7.06. The zero-order chi connectivity index (χ0) is 14.8. The van der Waals surface area contributed by atoms with Crippen molar-refractivity contribution in [1.29, 1.82) is 0 Å². The molecule has 1 aromatic heterocycles. The fourth-order valence-electron chi connectivity index (χ4n) is 4.32. The van der Waals surface area contributed by atoms with E-state index in [2.05, 4.69) is 20.2 Å². The van der Waals surface area contributed by atoms with Gasteiger partial charge in [0.25, 0.3) is 0 Å². The van der Waals surface area contributed by atoms with Crippen LogP contribution in [0.5, 0.6) is 0 Å². The SMILES string of the molecule is c1cnc(NCC[C@@]23CCO[C@@H]2CCN(C2CCC2)C3)nc1. The van der Waals surface area contributed by atoms with E-state index in [-0.39, 0.29) is 0 Å². The maximum Gasteiger partial charge on any atom is 0.222 e. The molecule has 1 N–H and O–H groups in total. The summed E-state index contributed by atoms with van der Waals surface area (Å²) in [6, 6.07) is 2.70. The quantitative estimate of drug-likeness (QED) is 0.904. The molecule has 2 aliphatic heterocycles. The molecule has 2 saturated heterocycles. The van der Waals surface area contributed by atoms with E-state index in [1.54, 1.807) is 12.4 Å². The van der Waals surface area contributed by atoms with E-state index in [1.165, 1.54) is 45.2 Å². The number of hydrogen-bond donors (Lipinski definition) is 1. The molecule has 0 radical (unpaired) electrons. The van der Waals surface area contributed by atoms with Gasteiger partial charge in [0, 0.05) is 50.1 Å². The third kappa shape index (κ3) is 2.72. The van der Waals surface area contributed by atoms with Crippen molar-refractivity contribution >= 4 is 5.95 Å². The third-order valence-corrected chi connectivity index (χ3v) is 5.86. The first-order chi connectivity index (χ1) is 10.9. The molecule has 0 spiro atoms. The summed E-state index contributed by atoms with van der Waals surface area (Å²) in [6.07, 6.45) is 11.8. The minimum Gasteiger partial charge on any atom is -0.378 e. The van der Waals surface area contributed by atoms with Crippen LogP contribution in [0.2, 0.25) is 0 Å². The van der Waals surface area contributed by atoms with Crippen molar-refractivity contribution in [2.24, 2.45) is 5.41 Å². The number of nitrogens with zero attached hydrogens (tertiary/aromatic N) is 3. The predicted molar refractivity (Wildman–Crippen MR) is 85.8 cm³/mol. The molecule has 0 bridgehead atoms. The Balaban J connectivity index is 1.38. The number of hydrogen-bond acceptors (Lipinski definition) is 5. The number of likely N-dealkylation sites (tertiary alicyclic amines) is 1. The van der Waals surface area contributed by atoms with Crippen LogP contribution in [0.3, 0.4) is 0 Å². The van der Waals surface area contributed by atoms with Gasteiger partial charge in [-0.15, -0.1) is 0 Å². The Hall–Kier alpha value is -1.20. The van der Waals surface area contributed by atoms with Crippen LogP contribution in [0, 0.1) is 5.41 Å². The smallest absolute Gasteiger partial charge is 0.222 e. The molecule has 2 atom stereocenters. The summed E-state index contributed by atoms with van der Waals surface area (Å²) in [5.74, 6) is 0.737. The lowest BCUT2D eigenvalue weighted by atomic mass is 9.72.